The Hall–Kier alpha value is -0.450. The van der Waals surface area contributed by atoms with Gasteiger partial charge in [-0.15, -0.1) is 11.3 Å². The SMILES string of the molecule is CCN(CC)Cc1nc(C2CC2)c(CN)s1. The molecule has 0 amide bonds. The topological polar surface area (TPSA) is 42.2 Å². The molecule has 1 aliphatic carbocycles. The summed E-state index contributed by atoms with van der Waals surface area (Å²) in [6.45, 7) is 8.21. The lowest BCUT2D eigenvalue weighted by Crippen LogP contribution is -2.21. The number of nitrogens with two attached hydrogens (primary N) is 1. The van der Waals surface area contributed by atoms with Crippen molar-refractivity contribution in [2.45, 2.75) is 45.7 Å². The first-order chi connectivity index (χ1) is 7.78. The molecule has 1 aliphatic rings. The molecule has 1 aromatic rings. The van der Waals surface area contributed by atoms with Crippen molar-refractivity contribution in [1.29, 1.82) is 0 Å². The van der Waals surface area contributed by atoms with Crippen molar-refractivity contribution in [3.8, 4) is 0 Å². The summed E-state index contributed by atoms with van der Waals surface area (Å²) in [5.74, 6) is 0.722. The van der Waals surface area contributed by atoms with Crippen molar-refractivity contribution < 1.29 is 0 Å². The summed E-state index contributed by atoms with van der Waals surface area (Å²) in [7, 11) is 0. The molecule has 1 heterocycles. The molecule has 0 spiro atoms. The maximum Gasteiger partial charge on any atom is 0.107 e. The smallest absolute Gasteiger partial charge is 0.107 e. The van der Waals surface area contributed by atoms with Crippen LogP contribution in [0.2, 0.25) is 0 Å². The van der Waals surface area contributed by atoms with Crippen LogP contribution in [0, 0.1) is 0 Å². The third kappa shape index (κ3) is 2.62. The van der Waals surface area contributed by atoms with E-state index in [1.807, 2.05) is 11.3 Å². The van der Waals surface area contributed by atoms with Crippen molar-refractivity contribution in [3.05, 3.63) is 15.6 Å². The fourth-order valence-electron chi connectivity index (χ4n) is 1.94. The second-order valence-electron chi connectivity index (χ2n) is 4.36. The molecular formula is C12H21N3S. The van der Waals surface area contributed by atoms with Crippen molar-refractivity contribution in [2.75, 3.05) is 13.1 Å². The fraction of sp³-hybridized carbons (Fsp3) is 0.750. The largest absolute Gasteiger partial charge is 0.326 e. The molecule has 0 radical (unpaired) electrons. The first kappa shape index (κ1) is 12.0. The predicted octanol–water partition coefficient (Wildman–Crippen LogP) is 2.32. The molecule has 0 atom stereocenters. The van der Waals surface area contributed by atoms with Gasteiger partial charge >= 0.3 is 0 Å². The summed E-state index contributed by atoms with van der Waals surface area (Å²) < 4.78 is 0. The lowest BCUT2D eigenvalue weighted by atomic mass is 10.2. The van der Waals surface area contributed by atoms with Crippen LogP contribution in [0.3, 0.4) is 0 Å². The standard InChI is InChI=1S/C12H21N3S/c1-3-15(4-2)8-11-14-12(9-5-6-9)10(7-13)16-11/h9H,3-8,13H2,1-2H3. The van der Waals surface area contributed by atoms with E-state index in [9.17, 15) is 0 Å². The third-order valence-corrected chi connectivity index (χ3v) is 4.25. The Kier molecular flexibility index (Phi) is 3.95. The second-order valence-corrected chi connectivity index (χ2v) is 5.52. The highest BCUT2D eigenvalue weighted by molar-refractivity contribution is 7.11. The van der Waals surface area contributed by atoms with Gasteiger partial charge in [-0.25, -0.2) is 4.98 Å². The number of nitrogens with zero attached hydrogens (tertiary/aromatic N) is 2. The van der Waals surface area contributed by atoms with Gasteiger partial charge in [0.1, 0.15) is 5.01 Å². The van der Waals surface area contributed by atoms with Gasteiger partial charge in [0.05, 0.1) is 12.2 Å². The van der Waals surface area contributed by atoms with E-state index >= 15 is 0 Å². The van der Waals surface area contributed by atoms with E-state index in [0.29, 0.717) is 6.54 Å². The van der Waals surface area contributed by atoms with Gasteiger partial charge in [-0.1, -0.05) is 13.8 Å². The van der Waals surface area contributed by atoms with Crippen molar-refractivity contribution in [2.24, 2.45) is 5.73 Å². The van der Waals surface area contributed by atoms with Crippen LogP contribution in [0.15, 0.2) is 0 Å². The average Bonchev–Trinajstić information content (AvgIpc) is 3.07. The first-order valence-electron chi connectivity index (χ1n) is 6.19. The van der Waals surface area contributed by atoms with E-state index in [1.165, 1.54) is 28.4 Å². The summed E-state index contributed by atoms with van der Waals surface area (Å²) in [4.78, 5) is 8.48. The molecule has 3 nitrogen and oxygen atoms in total. The molecule has 1 saturated carbocycles. The normalized spacial score (nSPS) is 16.0. The summed E-state index contributed by atoms with van der Waals surface area (Å²) in [6.07, 6.45) is 2.61. The van der Waals surface area contributed by atoms with Gasteiger partial charge < -0.3 is 5.73 Å². The Morgan fingerprint density at radius 3 is 2.56 bits per heavy atom. The number of hydrogen-bond donors (Lipinski definition) is 1. The monoisotopic (exact) mass is 239 g/mol. The van der Waals surface area contributed by atoms with Gasteiger partial charge in [0.25, 0.3) is 0 Å². The van der Waals surface area contributed by atoms with E-state index in [2.05, 4.69) is 18.7 Å². The van der Waals surface area contributed by atoms with Crippen LogP contribution in [0.4, 0.5) is 0 Å². The van der Waals surface area contributed by atoms with Gasteiger partial charge in [-0.2, -0.15) is 0 Å². The van der Waals surface area contributed by atoms with Crippen LogP contribution in [-0.2, 0) is 13.1 Å². The van der Waals surface area contributed by atoms with Crippen LogP contribution in [0.25, 0.3) is 0 Å². The average molecular weight is 239 g/mol. The molecule has 0 bridgehead atoms. The Balaban J connectivity index is 2.09. The molecule has 90 valence electrons. The van der Waals surface area contributed by atoms with E-state index in [4.69, 9.17) is 10.7 Å². The van der Waals surface area contributed by atoms with Crippen molar-refractivity contribution in [1.82, 2.24) is 9.88 Å². The van der Waals surface area contributed by atoms with Crippen LogP contribution < -0.4 is 5.73 Å². The minimum Gasteiger partial charge on any atom is -0.326 e. The summed E-state index contributed by atoms with van der Waals surface area (Å²) in [6, 6.07) is 0. The minimum atomic E-state index is 0.655. The molecule has 1 aromatic heterocycles. The first-order valence-corrected chi connectivity index (χ1v) is 7.01. The Bertz CT molecular complexity index is 340. The maximum atomic E-state index is 5.78. The molecule has 4 heteroatoms. The lowest BCUT2D eigenvalue weighted by molar-refractivity contribution is 0.295. The summed E-state index contributed by atoms with van der Waals surface area (Å²) >= 11 is 1.81. The molecule has 2 N–H and O–H groups in total. The highest BCUT2D eigenvalue weighted by atomic mass is 32.1. The van der Waals surface area contributed by atoms with Gasteiger partial charge in [-0.3, -0.25) is 4.90 Å². The van der Waals surface area contributed by atoms with E-state index in [0.717, 1.165) is 25.6 Å². The van der Waals surface area contributed by atoms with E-state index < -0.39 is 0 Å². The molecule has 0 saturated heterocycles. The zero-order chi connectivity index (χ0) is 11.5. The molecule has 0 unspecified atom stereocenters. The highest BCUT2D eigenvalue weighted by Crippen LogP contribution is 2.42. The molecule has 2 rings (SSSR count). The summed E-state index contributed by atoms with van der Waals surface area (Å²) in [5.41, 5.74) is 7.08. The van der Waals surface area contributed by atoms with Gasteiger partial charge in [0.15, 0.2) is 0 Å². The van der Waals surface area contributed by atoms with Crippen LogP contribution in [0.5, 0.6) is 0 Å². The Morgan fingerprint density at radius 1 is 1.38 bits per heavy atom. The van der Waals surface area contributed by atoms with Gasteiger partial charge in [0.2, 0.25) is 0 Å². The third-order valence-electron chi connectivity index (χ3n) is 3.17. The quantitative estimate of drug-likeness (QED) is 0.828. The molecule has 1 fully saturated rings. The van der Waals surface area contributed by atoms with Gasteiger partial charge in [0, 0.05) is 17.3 Å². The molecule has 0 aliphatic heterocycles. The maximum absolute atomic E-state index is 5.78. The predicted molar refractivity (Wildman–Crippen MR) is 68.6 cm³/mol. The van der Waals surface area contributed by atoms with Crippen LogP contribution >= 0.6 is 11.3 Å². The van der Waals surface area contributed by atoms with Crippen LogP contribution in [0.1, 0.15) is 48.2 Å². The Morgan fingerprint density at radius 2 is 2.06 bits per heavy atom. The van der Waals surface area contributed by atoms with Crippen molar-refractivity contribution >= 4 is 11.3 Å². The van der Waals surface area contributed by atoms with E-state index in [-0.39, 0.29) is 0 Å². The summed E-state index contributed by atoms with van der Waals surface area (Å²) in [5, 5.41) is 1.24. The fourth-order valence-corrected chi connectivity index (χ4v) is 3.02. The number of aromatic nitrogens is 1. The number of hydrogen-bond acceptors (Lipinski definition) is 4. The molecule has 16 heavy (non-hydrogen) atoms. The number of thiazole rings is 1. The Labute approximate surface area is 102 Å². The molecular weight excluding hydrogens is 218 g/mol. The van der Waals surface area contributed by atoms with Crippen molar-refractivity contribution in [3.63, 3.8) is 0 Å². The lowest BCUT2D eigenvalue weighted by Gasteiger charge is -2.15. The van der Waals surface area contributed by atoms with Gasteiger partial charge in [-0.05, 0) is 25.9 Å². The minimum absolute atomic E-state index is 0.655. The van der Waals surface area contributed by atoms with E-state index in [1.54, 1.807) is 0 Å². The highest BCUT2D eigenvalue weighted by Gasteiger charge is 2.29. The zero-order valence-electron chi connectivity index (χ0n) is 10.2. The van der Waals surface area contributed by atoms with Crippen LogP contribution in [-0.4, -0.2) is 23.0 Å². The number of rotatable bonds is 6. The second kappa shape index (κ2) is 5.25. The zero-order valence-corrected chi connectivity index (χ0v) is 11.0. The molecule has 0 aromatic carbocycles.